The molecule has 1 saturated heterocycles. The summed E-state index contributed by atoms with van der Waals surface area (Å²) in [5.74, 6) is 0. The molecule has 23 heavy (non-hydrogen) atoms. The standard InChI is InChI=1S/C16H23N3O3S/c1-11-6-5-7-12(2)19(11)23(21,22)13-8-9-14-15(10-13)18(4)16(20)17(14)3/h8-12H,5-7H2,1-4H3/t11-,12-/m1/s1. The highest BCUT2D eigenvalue weighted by Crippen LogP contribution is 2.30. The van der Waals surface area contributed by atoms with Crippen LogP contribution in [0.4, 0.5) is 0 Å². The summed E-state index contributed by atoms with van der Waals surface area (Å²) >= 11 is 0. The number of rotatable bonds is 2. The molecule has 2 atom stereocenters. The first-order chi connectivity index (χ1) is 10.7. The third-order valence-electron chi connectivity index (χ3n) is 4.93. The highest BCUT2D eigenvalue weighted by molar-refractivity contribution is 7.89. The molecule has 0 amide bonds. The van der Waals surface area contributed by atoms with Crippen molar-refractivity contribution in [2.45, 2.75) is 50.1 Å². The van der Waals surface area contributed by atoms with E-state index in [1.807, 2.05) is 13.8 Å². The summed E-state index contributed by atoms with van der Waals surface area (Å²) in [6.45, 7) is 3.92. The fourth-order valence-corrected chi connectivity index (χ4v) is 5.54. The largest absolute Gasteiger partial charge is 0.328 e. The predicted molar refractivity (Wildman–Crippen MR) is 90.0 cm³/mol. The normalized spacial score (nSPS) is 23.5. The molecule has 0 saturated carbocycles. The van der Waals surface area contributed by atoms with Crippen LogP contribution < -0.4 is 5.69 Å². The Hall–Kier alpha value is -1.60. The van der Waals surface area contributed by atoms with Gasteiger partial charge in [0.05, 0.1) is 15.9 Å². The molecule has 1 aliphatic heterocycles. The summed E-state index contributed by atoms with van der Waals surface area (Å²) in [5.41, 5.74) is 1.21. The second kappa shape index (κ2) is 5.49. The van der Waals surface area contributed by atoms with Crippen LogP contribution in [-0.4, -0.2) is 33.9 Å². The van der Waals surface area contributed by atoms with Gasteiger partial charge in [-0.2, -0.15) is 4.31 Å². The maximum Gasteiger partial charge on any atom is 0.328 e. The summed E-state index contributed by atoms with van der Waals surface area (Å²) in [5, 5.41) is 0. The number of nitrogens with zero attached hydrogens (tertiary/aromatic N) is 3. The number of aryl methyl sites for hydroxylation is 2. The molecular formula is C16H23N3O3S. The molecule has 7 heteroatoms. The lowest BCUT2D eigenvalue weighted by Gasteiger charge is -2.37. The highest BCUT2D eigenvalue weighted by atomic mass is 32.2. The molecule has 0 aliphatic carbocycles. The van der Waals surface area contributed by atoms with Gasteiger partial charge in [-0.3, -0.25) is 9.13 Å². The lowest BCUT2D eigenvalue weighted by atomic mass is 10.0. The van der Waals surface area contributed by atoms with Crippen molar-refractivity contribution in [2.24, 2.45) is 14.1 Å². The number of aromatic nitrogens is 2. The van der Waals surface area contributed by atoms with E-state index in [-0.39, 0.29) is 22.7 Å². The van der Waals surface area contributed by atoms with Crippen molar-refractivity contribution in [3.05, 3.63) is 28.7 Å². The lowest BCUT2D eigenvalue weighted by molar-refractivity contribution is 0.204. The summed E-state index contributed by atoms with van der Waals surface area (Å²) in [4.78, 5) is 12.3. The van der Waals surface area contributed by atoms with Gasteiger partial charge in [-0.05, 0) is 44.9 Å². The first kappa shape index (κ1) is 16.3. The van der Waals surface area contributed by atoms with Crippen molar-refractivity contribution in [1.29, 1.82) is 0 Å². The smallest absolute Gasteiger partial charge is 0.295 e. The zero-order chi connectivity index (χ0) is 16.9. The van der Waals surface area contributed by atoms with Crippen molar-refractivity contribution < 1.29 is 8.42 Å². The van der Waals surface area contributed by atoms with Crippen LogP contribution in [0.1, 0.15) is 33.1 Å². The van der Waals surface area contributed by atoms with Gasteiger partial charge < -0.3 is 0 Å². The number of imidazole rings is 1. The van der Waals surface area contributed by atoms with E-state index in [1.54, 1.807) is 36.6 Å². The molecule has 0 unspecified atom stereocenters. The Morgan fingerprint density at radius 1 is 1.00 bits per heavy atom. The van der Waals surface area contributed by atoms with E-state index >= 15 is 0 Å². The minimum atomic E-state index is -3.56. The third kappa shape index (κ3) is 2.42. The van der Waals surface area contributed by atoms with E-state index in [4.69, 9.17) is 0 Å². The molecule has 1 aromatic carbocycles. The predicted octanol–water partition coefficient (Wildman–Crippen LogP) is 1.83. The zero-order valence-corrected chi connectivity index (χ0v) is 14.8. The Labute approximate surface area is 136 Å². The Morgan fingerprint density at radius 2 is 1.57 bits per heavy atom. The minimum Gasteiger partial charge on any atom is -0.295 e. The van der Waals surface area contributed by atoms with Gasteiger partial charge in [0.1, 0.15) is 0 Å². The maximum atomic E-state index is 13.1. The summed E-state index contributed by atoms with van der Waals surface area (Å²) in [7, 11) is -0.215. The molecule has 3 rings (SSSR count). The molecule has 1 fully saturated rings. The van der Waals surface area contributed by atoms with Crippen molar-refractivity contribution in [3.8, 4) is 0 Å². The third-order valence-corrected chi connectivity index (χ3v) is 7.06. The van der Waals surface area contributed by atoms with Gasteiger partial charge >= 0.3 is 5.69 Å². The fourth-order valence-electron chi connectivity index (χ4n) is 3.64. The molecule has 0 bridgehead atoms. The first-order valence-corrected chi connectivity index (χ1v) is 9.38. The van der Waals surface area contributed by atoms with Crippen LogP contribution >= 0.6 is 0 Å². The Kier molecular flexibility index (Phi) is 3.88. The average Bonchev–Trinajstić information content (AvgIpc) is 2.71. The van der Waals surface area contributed by atoms with Crippen molar-refractivity contribution >= 4 is 21.1 Å². The number of hydrogen-bond donors (Lipinski definition) is 0. The van der Waals surface area contributed by atoms with Gasteiger partial charge in [0.15, 0.2) is 0 Å². The molecule has 0 N–H and O–H groups in total. The second-order valence-electron chi connectivity index (χ2n) is 6.52. The van der Waals surface area contributed by atoms with Crippen molar-refractivity contribution in [1.82, 2.24) is 13.4 Å². The molecule has 0 radical (unpaired) electrons. The number of piperidine rings is 1. The molecule has 126 valence electrons. The van der Waals surface area contributed by atoms with Crippen molar-refractivity contribution in [3.63, 3.8) is 0 Å². The van der Waals surface area contributed by atoms with E-state index in [0.29, 0.717) is 5.52 Å². The second-order valence-corrected chi connectivity index (χ2v) is 8.36. The molecule has 6 nitrogen and oxygen atoms in total. The molecule has 1 aromatic heterocycles. The van der Waals surface area contributed by atoms with Crippen LogP contribution in [-0.2, 0) is 24.1 Å². The van der Waals surface area contributed by atoms with Crippen LogP contribution in [0.2, 0.25) is 0 Å². The average molecular weight is 337 g/mol. The van der Waals surface area contributed by atoms with Crippen LogP contribution in [0.25, 0.3) is 11.0 Å². The SMILES string of the molecule is C[C@@H]1CCC[C@@H](C)N1S(=O)(=O)c1ccc2c(c1)n(C)c(=O)n2C. The van der Waals surface area contributed by atoms with Gasteiger partial charge in [-0.25, -0.2) is 13.2 Å². The highest BCUT2D eigenvalue weighted by Gasteiger charge is 2.35. The number of fused-ring (bicyclic) bond motifs is 1. The van der Waals surface area contributed by atoms with E-state index < -0.39 is 10.0 Å². The molecule has 0 spiro atoms. The van der Waals surface area contributed by atoms with Gasteiger partial charge in [0, 0.05) is 26.2 Å². The van der Waals surface area contributed by atoms with Crippen LogP contribution in [0, 0.1) is 0 Å². The number of hydrogen-bond acceptors (Lipinski definition) is 3. The van der Waals surface area contributed by atoms with E-state index in [9.17, 15) is 13.2 Å². The number of benzene rings is 1. The summed E-state index contributed by atoms with van der Waals surface area (Å²) < 4.78 is 30.8. The minimum absolute atomic E-state index is 0.000889. The quantitative estimate of drug-likeness (QED) is 0.840. The monoisotopic (exact) mass is 337 g/mol. The van der Waals surface area contributed by atoms with E-state index in [1.165, 1.54) is 9.13 Å². The van der Waals surface area contributed by atoms with Crippen LogP contribution in [0.15, 0.2) is 27.9 Å². The van der Waals surface area contributed by atoms with E-state index in [2.05, 4.69) is 0 Å². The van der Waals surface area contributed by atoms with Crippen LogP contribution in [0.3, 0.4) is 0 Å². The van der Waals surface area contributed by atoms with Gasteiger partial charge in [0.2, 0.25) is 10.0 Å². The van der Waals surface area contributed by atoms with Crippen LogP contribution in [0.5, 0.6) is 0 Å². The van der Waals surface area contributed by atoms with Crippen molar-refractivity contribution in [2.75, 3.05) is 0 Å². The molecule has 1 aliphatic rings. The number of sulfonamides is 1. The van der Waals surface area contributed by atoms with E-state index in [0.717, 1.165) is 24.8 Å². The molecule has 2 aromatic rings. The Balaban J connectivity index is 2.15. The Bertz CT molecular complexity index is 901. The van der Waals surface area contributed by atoms with Gasteiger partial charge in [-0.15, -0.1) is 0 Å². The Morgan fingerprint density at radius 3 is 2.17 bits per heavy atom. The summed E-state index contributed by atoms with van der Waals surface area (Å²) in [6, 6.07) is 4.92. The zero-order valence-electron chi connectivity index (χ0n) is 14.0. The van der Waals surface area contributed by atoms with Gasteiger partial charge in [-0.1, -0.05) is 6.42 Å². The first-order valence-electron chi connectivity index (χ1n) is 7.94. The molecule has 2 heterocycles. The lowest BCUT2D eigenvalue weighted by Crippen LogP contribution is -2.47. The topological polar surface area (TPSA) is 64.3 Å². The summed E-state index contributed by atoms with van der Waals surface area (Å²) in [6.07, 6.45) is 2.83. The van der Waals surface area contributed by atoms with Gasteiger partial charge in [0.25, 0.3) is 0 Å². The molecular weight excluding hydrogens is 314 g/mol. The maximum absolute atomic E-state index is 13.1. The fraction of sp³-hybridized carbons (Fsp3) is 0.562.